The predicted octanol–water partition coefficient (Wildman–Crippen LogP) is 6.89. The molecular formula is C30H58O4. The van der Waals surface area contributed by atoms with E-state index in [1.165, 1.54) is 32.1 Å². The van der Waals surface area contributed by atoms with Gasteiger partial charge in [-0.1, -0.05) is 52.4 Å². The van der Waals surface area contributed by atoms with Gasteiger partial charge >= 0.3 is 0 Å². The van der Waals surface area contributed by atoms with Crippen molar-refractivity contribution in [2.75, 3.05) is 13.7 Å². The van der Waals surface area contributed by atoms with Gasteiger partial charge in [0.1, 0.15) is 0 Å². The van der Waals surface area contributed by atoms with Gasteiger partial charge in [-0.25, -0.2) is 0 Å². The lowest BCUT2D eigenvalue weighted by Gasteiger charge is -2.38. The van der Waals surface area contributed by atoms with Gasteiger partial charge in [-0.3, -0.25) is 0 Å². The third-order valence-electron chi connectivity index (χ3n) is 9.40. The van der Waals surface area contributed by atoms with Gasteiger partial charge in [-0.05, 0) is 107 Å². The van der Waals surface area contributed by atoms with Crippen molar-refractivity contribution >= 4 is 0 Å². The summed E-state index contributed by atoms with van der Waals surface area (Å²) in [5.41, 5.74) is -0.0185. The summed E-state index contributed by atoms with van der Waals surface area (Å²) in [4.78, 5) is 0. The molecular weight excluding hydrogens is 424 g/mol. The van der Waals surface area contributed by atoms with Crippen molar-refractivity contribution in [2.45, 2.75) is 148 Å². The number of hydrogen-bond acceptors (Lipinski definition) is 4. The third-order valence-corrected chi connectivity index (χ3v) is 9.40. The Bertz CT molecular complexity index is 498. The molecule has 0 amide bonds. The second-order valence-corrected chi connectivity index (χ2v) is 13.2. The van der Waals surface area contributed by atoms with E-state index in [0.717, 1.165) is 70.6 Å². The molecule has 2 saturated carbocycles. The molecule has 3 N–H and O–H groups in total. The van der Waals surface area contributed by atoms with Crippen LogP contribution in [0.2, 0.25) is 0 Å². The second-order valence-electron chi connectivity index (χ2n) is 13.2. The molecule has 4 nitrogen and oxygen atoms in total. The summed E-state index contributed by atoms with van der Waals surface area (Å²) in [6.07, 6.45) is 18.0. The highest BCUT2D eigenvalue weighted by Crippen LogP contribution is 2.40. The fourth-order valence-corrected chi connectivity index (χ4v) is 6.57. The summed E-state index contributed by atoms with van der Waals surface area (Å²) in [5, 5.41) is 31.7. The summed E-state index contributed by atoms with van der Waals surface area (Å²) < 4.78 is 5.54. The first-order chi connectivity index (χ1) is 16.1. The summed E-state index contributed by atoms with van der Waals surface area (Å²) in [6.45, 7) is 8.82. The van der Waals surface area contributed by atoms with Gasteiger partial charge in [0.15, 0.2) is 0 Å². The molecule has 2 aliphatic carbocycles. The van der Waals surface area contributed by atoms with Gasteiger partial charge in [-0.15, -0.1) is 0 Å². The third kappa shape index (κ3) is 10.1. The molecule has 6 atom stereocenters. The zero-order valence-corrected chi connectivity index (χ0v) is 23.2. The van der Waals surface area contributed by atoms with Crippen LogP contribution in [0.15, 0.2) is 0 Å². The molecule has 0 radical (unpaired) electrons. The van der Waals surface area contributed by atoms with E-state index in [0.29, 0.717) is 23.7 Å². The average Bonchev–Trinajstić information content (AvgIpc) is 2.81. The van der Waals surface area contributed by atoms with E-state index < -0.39 is 0 Å². The van der Waals surface area contributed by atoms with Crippen LogP contribution in [0, 0.1) is 29.1 Å². The number of rotatable bonds is 15. The van der Waals surface area contributed by atoms with Crippen molar-refractivity contribution in [1.82, 2.24) is 0 Å². The molecule has 0 heterocycles. The largest absolute Gasteiger partial charge is 0.396 e. The fraction of sp³-hybridized carbons (Fsp3) is 1.00. The topological polar surface area (TPSA) is 69.9 Å². The van der Waals surface area contributed by atoms with E-state index >= 15 is 0 Å². The molecule has 2 rings (SSSR count). The van der Waals surface area contributed by atoms with Crippen LogP contribution in [0.3, 0.4) is 0 Å². The number of hydrogen-bond donors (Lipinski definition) is 3. The Labute approximate surface area is 211 Å². The van der Waals surface area contributed by atoms with Crippen molar-refractivity contribution in [3.8, 4) is 0 Å². The first-order valence-corrected chi connectivity index (χ1v) is 14.6. The molecule has 0 aromatic heterocycles. The Kier molecular flexibility index (Phi) is 12.9. The Morgan fingerprint density at radius 3 is 1.47 bits per heavy atom. The summed E-state index contributed by atoms with van der Waals surface area (Å²) in [6, 6.07) is 0. The average molecular weight is 483 g/mol. The Morgan fingerprint density at radius 2 is 1.06 bits per heavy atom. The number of ether oxygens (including phenoxy) is 1. The summed E-state index contributed by atoms with van der Waals surface area (Å²) >= 11 is 0. The number of unbranched alkanes of at least 4 members (excludes halogenated alkanes) is 2. The highest BCUT2D eigenvalue weighted by Gasteiger charge is 2.35. The molecule has 34 heavy (non-hydrogen) atoms. The minimum atomic E-state index is -0.166. The van der Waals surface area contributed by atoms with E-state index in [4.69, 9.17) is 4.74 Å². The van der Waals surface area contributed by atoms with Gasteiger partial charge in [0.25, 0.3) is 0 Å². The van der Waals surface area contributed by atoms with E-state index in [1.807, 2.05) is 0 Å². The number of aliphatic hydroxyl groups is 3. The summed E-state index contributed by atoms with van der Waals surface area (Å²) in [7, 11) is 1.79. The quantitative estimate of drug-likeness (QED) is 0.222. The minimum Gasteiger partial charge on any atom is -0.396 e. The molecule has 0 spiro atoms. The first kappa shape index (κ1) is 30.1. The molecule has 0 aliphatic heterocycles. The molecule has 4 heteroatoms. The Morgan fingerprint density at radius 1 is 0.647 bits per heavy atom. The highest BCUT2D eigenvalue weighted by molar-refractivity contribution is 4.86. The normalized spacial score (nSPS) is 31.1. The molecule has 0 aromatic carbocycles. The van der Waals surface area contributed by atoms with Gasteiger partial charge in [0.2, 0.25) is 0 Å². The second kappa shape index (κ2) is 14.5. The highest BCUT2D eigenvalue weighted by atomic mass is 16.5. The van der Waals surface area contributed by atoms with Crippen LogP contribution in [-0.4, -0.2) is 46.8 Å². The number of methoxy groups -OCH3 is 1. The monoisotopic (exact) mass is 482 g/mol. The maximum absolute atomic E-state index is 11.1. The van der Waals surface area contributed by atoms with Crippen LogP contribution >= 0.6 is 0 Å². The standard InChI is InChI=1S/C30H58O4/c1-29(2,22-31)20-8-6-12-23-14-10-16-25(27(23)32)18-19-26-17-11-15-24(28(26)33)13-7-9-21-30(3,4)34-5/h23-28,31-33H,6-22H2,1-5H3. The maximum atomic E-state index is 11.1. The van der Waals surface area contributed by atoms with Gasteiger partial charge in [0.05, 0.1) is 17.8 Å². The van der Waals surface area contributed by atoms with E-state index in [2.05, 4.69) is 27.7 Å². The van der Waals surface area contributed by atoms with Crippen LogP contribution < -0.4 is 0 Å². The van der Waals surface area contributed by atoms with E-state index in [-0.39, 0.29) is 29.8 Å². The zero-order chi connectivity index (χ0) is 25.2. The lowest BCUT2D eigenvalue weighted by molar-refractivity contribution is -0.0152. The van der Waals surface area contributed by atoms with Gasteiger partial charge in [0, 0.05) is 13.7 Å². The first-order valence-electron chi connectivity index (χ1n) is 14.6. The maximum Gasteiger partial charge on any atom is 0.0622 e. The van der Waals surface area contributed by atoms with Gasteiger partial charge in [-0.2, -0.15) is 0 Å². The van der Waals surface area contributed by atoms with Crippen LogP contribution in [0.5, 0.6) is 0 Å². The molecule has 0 aromatic rings. The minimum absolute atomic E-state index is 0.0208. The van der Waals surface area contributed by atoms with Crippen molar-refractivity contribution in [2.24, 2.45) is 29.1 Å². The lowest BCUT2D eigenvalue weighted by Crippen LogP contribution is -2.36. The summed E-state index contributed by atoms with van der Waals surface area (Å²) in [5.74, 6) is 1.73. The van der Waals surface area contributed by atoms with Crippen LogP contribution in [0.4, 0.5) is 0 Å². The lowest BCUT2D eigenvalue weighted by atomic mass is 9.71. The van der Waals surface area contributed by atoms with Crippen LogP contribution in [0.1, 0.15) is 130 Å². The number of aliphatic hydroxyl groups excluding tert-OH is 3. The van der Waals surface area contributed by atoms with Crippen molar-refractivity contribution in [1.29, 1.82) is 0 Å². The fourth-order valence-electron chi connectivity index (χ4n) is 6.57. The van der Waals surface area contributed by atoms with E-state index in [9.17, 15) is 15.3 Å². The van der Waals surface area contributed by atoms with Crippen molar-refractivity contribution < 1.29 is 20.1 Å². The molecule has 2 aliphatic rings. The van der Waals surface area contributed by atoms with E-state index in [1.54, 1.807) is 7.11 Å². The Hall–Kier alpha value is -0.160. The Balaban J connectivity index is 1.71. The van der Waals surface area contributed by atoms with Crippen LogP contribution in [0.25, 0.3) is 0 Å². The smallest absolute Gasteiger partial charge is 0.0622 e. The van der Waals surface area contributed by atoms with Crippen LogP contribution in [-0.2, 0) is 4.74 Å². The molecule has 6 unspecified atom stereocenters. The molecule has 0 saturated heterocycles. The van der Waals surface area contributed by atoms with Crippen molar-refractivity contribution in [3.63, 3.8) is 0 Å². The predicted molar refractivity (Wildman–Crippen MR) is 142 cm³/mol. The molecule has 2 fully saturated rings. The van der Waals surface area contributed by atoms with Gasteiger partial charge < -0.3 is 20.1 Å². The van der Waals surface area contributed by atoms with Crippen molar-refractivity contribution in [3.05, 3.63) is 0 Å². The molecule has 0 bridgehead atoms. The molecule has 202 valence electrons. The zero-order valence-electron chi connectivity index (χ0n) is 23.2. The SMILES string of the molecule is COC(C)(C)CCCCC1CCCC(CCC2CCCC(CCCCC(C)(C)CO)C2O)C1O.